The quantitative estimate of drug-likeness (QED) is 0.695. The smallest absolute Gasteiger partial charge is 0.316 e. The Bertz CT molecular complexity index is 727. The molecule has 0 aromatic heterocycles. The number of amides is 2. The van der Waals surface area contributed by atoms with E-state index in [2.05, 4.69) is 17.4 Å². The zero-order valence-electron chi connectivity index (χ0n) is 13.9. The van der Waals surface area contributed by atoms with Crippen molar-refractivity contribution in [3.63, 3.8) is 0 Å². The van der Waals surface area contributed by atoms with Crippen LogP contribution in [-0.4, -0.2) is 24.4 Å². The van der Waals surface area contributed by atoms with Crippen molar-refractivity contribution in [3.8, 4) is 0 Å². The molecule has 1 heterocycles. The first kappa shape index (κ1) is 16.2. The number of nitrogens with one attached hydrogen (secondary N) is 1. The fourth-order valence-electron chi connectivity index (χ4n) is 3.20. The number of carbonyl (C=O) groups is 2. The van der Waals surface area contributed by atoms with E-state index in [0.29, 0.717) is 6.54 Å². The van der Waals surface area contributed by atoms with Crippen LogP contribution in [0.1, 0.15) is 24.5 Å². The third-order valence-corrected chi connectivity index (χ3v) is 4.39. The van der Waals surface area contributed by atoms with Crippen molar-refractivity contribution in [2.45, 2.75) is 32.2 Å². The Kier molecular flexibility index (Phi) is 4.94. The van der Waals surface area contributed by atoms with Crippen molar-refractivity contribution < 1.29 is 9.59 Å². The van der Waals surface area contributed by atoms with Crippen LogP contribution < -0.4 is 10.2 Å². The van der Waals surface area contributed by atoms with Crippen LogP contribution in [0, 0.1) is 0 Å². The summed E-state index contributed by atoms with van der Waals surface area (Å²) in [5.41, 5.74) is 3.21. The highest BCUT2D eigenvalue weighted by molar-refractivity contribution is 6.40. The summed E-state index contributed by atoms with van der Waals surface area (Å²) in [6, 6.07) is 17.9. The second-order valence-electron chi connectivity index (χ2n) is 6.20. The summed E-state index contributed by atoms with van der Waals surface area (Å²) in [5, 5.41) is 2.75. The van der Waals surface area contributed by atoms with Crippen LogP contribution in [0.15, 0.2) is 54.6 Å². The molecule has 0 bridgehead atoms. The first-order valence-corrected chi connectivity index (χ1v) is 8.40. The molecular formula is C20H22N2O2. The largest absolute Gasteiger partial charge is 0.348 e. The lowest BCUT2D eigenvalue weighted by Crippen LogP contribution is -2.45. The Morgan fingerprint density at radius 1 is 1.08 bits per heavy atom. The number of para-hydroxylation sites is 1. The number of nitrogens with zero attached hydrogens (tertiary/aromatic N) is 1. The van der Waals surface area contributed by atoms with Crippen LogP contribution in [0.4, 0.5) is 5.69 Å². The number of aryl methyl sites for hydroxylation is 1. The summed E-state index contributed by atoms with van der Waals surface area (Å²) in [4.78, 5) is 26.3. The Morgan fingerprint density at radius 3 is 2.58 bits per heavy atom. The summed E-state index contributed by atoms with van der Waals surface area (Å²) < 4.78 is 0. The van der Waals surface area contributed by atoms with E-state index in [1.807, 2.05) is 49.4 Å². The van der Waals surface area contributed by atoms with Gasteiger partial charge in [-0.2, -0.15) is 0 Å². The third-order valence-electron chi connectivity index (χ3n) is 4.39. The molecule has 0 saturated heterocycles. The average Bonchev–Trinajstić information content (AvgIpc) is 2.94. The SMILES string of the molecule is CC1Cc2ccccc2N1C(=O)C(=O)NCCCc1ccccc1. The number of fused-ring (bicyclic) bond motifs is 1. The fourth-order valence-corrected chi connectivity index (χ4v) is 3.20. The summed E-state index contributed by atoms with van der Waals surface area (Å²) >= 11 is 0. The average molecular weight is 322 g/mol. The number of rotatable bonds is 4. The molecule has 0 fully saturated rings. The fraction of sp³-hybridized carbons (Fsp3) is 0.300. The second kappa shape index (κ2) is 7.30. The summed E-state index contributed by atoms with van der Waals surface area (Å²) in [6.07, 6.45) is 2.50. The molecule has 4 nitrogen and oxygen atoms in total. The molecule has 1 aliphatic heterocycles. The lowest BCUT2D eigenvalue weighted by Gasteiger charge is -2.22. The first-order valence-electron chi connectivity index (χ1n) is 8.40. The van der Waals surface area contributed by atoms with E-state index in [-0.39, 0.29) is 6.04 Å². The summed E-state index contributed by atoms with van der Waals surface area (Å²) in [7, 11) is 0. The molecule has 0 saturated carbocycles. The van der Waals surface area contributed by atoms with Crippen LogP contribution in [-0.2, 0) is 22.4 Å². The molecule has 2 aromatic carbocycles. The van der Waals surface area contributed by atoms with Gasteiger partial charge < -0.3 is 10.2 Å². The Balaban J connectivity index is 1.53. The van der Waals surface area contributed by atoms with Crippen molar-refractivity contribution in [2.75, 3.05) is 11.4 Å². The molecule has 0 spiro atoms. The molecule has 0 aliphatic carbocycles. The zero-order valence-corrected chi connectivity index (χ0v) is 13.9. The van der Waals surface area contributed by atoms with Crippen LogP contribution in [0.3, 0.4) is 0 Å². The minimum atomic E-state index is -0.522. The van der Waals surface area contributed by atoms with E-state index in [1.54, 1.807) is 4.90 Å². The van der Waals surface area contributed by atoms with E-state index in [0.717, 1.165) is 30.5 Å². The standard InChI is InChI=1S/C20H22N2O2/c1-15-14-17-11-5-6-12-18(17)22(15)20(24)19(23)21-13-7-10-16-8-3-2-4-9-16/h2-6,8-9,11-12,15H,7,10,13-14H2,1H3,(H,21,23). The van der Waals surface area contributed by atoms with Crippen molar-refractivity contribution >= 4 is 17.5 Å². The second-order valence-corrected chi connectivity index (χ2v) is 6.20. The number of benzene rings is 2. The molecular weight excluding hydrogens is 300 g/mol. The Labute approximate surface area is 142 Å². The topological polar surface area (TPSA) is 49.4 Å². The first-order chi connectivity index (χ1) is 11.7. The van der Waals surface area contributed by atoms with Crippen LogP contribution in [0.5, 0.6) is 0 Å². The predicted molar refractivity (Wildman–Crippen MR) is 94.9 cm³/mol. The molecule has 1 aliphatic rings. The minimum Gasteiger partial charge on any atom is -0.348 e. The molecule has 1 unspecified atom stereocenters. The maximum atomic E-state index is 12.5. The van der Waals surface area contributed by atoms with Gasteiger partial charge in [0.1, 0.15) is 0 Å². The Morgan fingerprint density at radius 2 is 1.79 bits per heavy atom. The van der Waals surface area contributed by atoms with Gasteiger partial charge >= 0.3 is 11.8 Å². The molecule has 2 amide bonds. The summed E-state index contributed by atoms with van der Waals surface area (Å²) in [5.74, 6) is -0.987. The molecule has 4 heteroatoms. The van der Waals surface area contributed by atoms with Crippen LogP contribution in [0.2, 0.25) is 0 Å². The molecule has 3 rings (SSSR count). The monoisotopic (exact) mass is 322 g/mol. The number of anilines is 1. The van der Waals surface area contributed by atoms with Gasteiger partial charge in [0.25, 0.3) is 0 Å². The van der Waals surface area contributed by atoms with Gasteiger partial charge in [0.05, 0.1) is 0 Å². The van der Waals surface area contributed by atoms with E-state index in [1.165, 1.54) is 5.56 Å². The van der Waals surface area contributed by atoms with Gasteiger partial charge in [-0.15, -0.1) is 0 Å². The minimum absolute atomic E-state index is 0.0185. The normalized spacial score (nSPS) is 15.9. The third kappa shape index (κ3) is 3.48. The maximum absolute atomic E-state index is 12.5. The predicted octanol–water partition coefficient (Wildman–Crippen LogP) is 2.71. The molecule has 0 radical (unpaired) electrons. The molecule has 1 N–H and O–H groups in total. The molecule has 2 aromatic rings. The molecule has 24 heavy (non-hydrogen) atoms. The van der Waals surface area contributed by atoms with Gasteiger partial charge in [0.2, 0.25) is 0 Å². The van der Waals surface area contributed by atoms with Gasteiger partial charge in [-0.1, -0.05) is 48.5 Å². The van der Waals surface area contributed by atoms with Crippen molar-refractivity contribution in [2.24, 2.45) is 0 Å². The van der Waals surface area contributed by atoms with E-state index >= 15 is 0 Å². The number of hydrogen-bond donors (Lipinski definition) is 1. The van der Waals surface area contributed by atoms with Gasteiger partial charge in [0, 0.05) is 18.3 Å². The highest BCUT2D eigenvalue weighted by Gasteiger charge is 2.33. The van der Waals surface area contributed by atoms with Gasteiger partial charge in [0.15, 0.2) is 0 Å². The van der Waals surface area contributed by atoms with Crippen LogP contribution in [0.25, 0.3) is 0 Å². The lowest BCUT2D eigenvalue weighted by atomic mass is 10.1. The molecule has 124 valence electrons. The number of carbonyl (C=O) groups excluding carboxylic acids is 2. The van der Waals surface area contributed by atoms with E-state index in [4.69, 9.17) is 0 Å². The zero-order chi connectivity index (χ0) is 16.9. The van der Waals surface area contributed by atoms with Crippen molar-refractivity contribution in [1.29, 1.82) is 0 Å². The van der Waals surface area contributed by atoms with Crippen molar-refractivity contribution in [3.05, 3.63) is 65.7 Å². The van der Waals surface area contributed by atoms with E-state index < -0.39 is 11.8 Å². The van der Waals surface area contributed by atoms with Gasteiger partial charge in [-0.25, -0.2) is 0 Å². The summed E-state index contributed by atoms with van der Waals surface area (Å²) in [6.45, 7) is 2.48. The number of hydrogen-bond acceptors (Lipinski definition) is 2. The lowest BCUT2D eigenvalue weighted by molar-refractivity contribution is -0.137. The van der Waals surface area contributed by atoms with Crippen molar-refractivity contribution in [1.82, 2.24) is 5.32 Å². The van der Waals surface area contributed by atoms with E-state index in [9.17, 15) is 9.59 Å². The van der Waals surface area contributed by atoms with Gasteiger partial charge in [-0.3, -0.25) is 9.59 Å². The van der Waals surface area contributed by atoms with Gasteiger partial charge in [-0.05, 0) is 43.4 Å². The highest BCUT2D eigenvalue weighted by Crippen LogP contribution is 2.31. The highest BCUT2D eigenvalue weighted by atomic mass is 16.2. The van der Waals surface area contributed by atoms with Crippen LogP contribution >= 0.6 is 0 Å². The maximum Gasteiger partial charge on any atom is 0.316 e. The Hall–Kier alpha value is -2.62. The molecule has 1 atom stereocenters.